The Morgan fingerprint density at radius 2 is 1.76 bits per heavy atom. The van der Waals surface area contributed by atoms with Crippen LogP contribution in [0.5, 0.6) is 11.5 Å². The summed E-state index contributed by atoms with van der Waals surface area (Å²) < 4.78 is 15.9. The zero-order valence-electron chi connectivity index (χ0n) is 26.4. The number of nitrogens with one attached hydrogen (secondary N) is 1. The number of ether oxygens (including phenoxy) is 2. The number of carbonyl (C=O) groups is 1. The Kier molecular flexibility index (Phi) is 9.53. The summed E-state index contributed by atoms with van der Waals surface area (Å²) in [5.74, 6) is 0.958. The van der Waals surface area contributed by atoms with Crippen molar-refractivity contribution in [2.45, 2.75) is 19.6 Å². The van der Waals surface area contributed by atoms with Gasteiger partial charge in [0, 0.05) is 15.7 Å². The van der Waals surface area contributed by atoms with Crippen LogP contribution < -0.4 is 29.7 Å². The van der Waals surface area contributed by atoms with Gasteiger partial charge >= 0.3 is 0 Å². The number of carbonyl (C=O) groups excluding carboxylic acids is 1. The highest BCUT2D eigenvalue weighted by atomic mass is 127. The number of methoxy groups -OCH3 is 1. The van der Waals surface area contributed by atoms with Gasteiger partial charge in [-0.05, 0) is 93.9 Å². The Morgan fingerprint density at radius 3 is 2.57 bits per heavy atom. The summed E-state index contributed by atoms with van der Waals surface area (Å²) in [6.07, 6.45) is 1.85. The van der Waals surface area contributed by atoms with E-state index in [1.165, 1.54) is 11.3 Å². The fraction of sp³-hybridized carbons (Fsp3) is 0.103. The molecule has 1 aromatic heterocycles. The smallest absolute Gasteiger partial charge is 0.271 e. The minimum Gasteiger partial charge on any atom is -0.497 e. The number of benzene rings is 5. The zero-order valence-corrected chi connectivity index (χ0v) is 31.0. The third kappa shape index (κ3) is 6.72. The van der Waals surface area contributed by atoms with Crippen LogP contribution in [-0.4, -0.2) is 17.6 Å². The van der Waals surface area contributed by atoms with Crippen LogP contribution >= 0.6 is 49.9 Å². The number of thiazole rings is 1. The van der Waals surface area contributed by atoms with E-state index in [4.69, 9.17) is 14.5 Å². The van der Waals surface area contributed by atoms with Crippen LogP contribution in [0.15, 0.2) is 135 Å². The van der Waals surface area contributed by atoms with Crippen LogP contribution in [0.4, 0.5) is 5.69 Å². The highest BCUT2D eigenvalue weighted by molar-refractivity contribution is 14.1. The summed E-state index contributed by atoms with van der Waals surface area (Å²) in [7, 11) is 1.59. The first kappa shape index (κ1) is 33.0. The number of anilines is 1. The monoisotopic (exact) mass is 841 g/mol. The van der Waals surface area contributed by atoms with E-state index < -0.39 is 6.04 Å². The molecule has 2 heterocycles. The van der Waals surface area contributed by atoms with Crippen LogP contribution in [0.25, 0.3) is 16.8 Å². The summed E-state index contributed by atoms with van der Waals surface area (Å²) in [6, 6.07) is 34.3. The second-order valence-electron chi connectivity index (χ2n) is 11.4. The molecule has 0 radical (unpaired) electrons. The van der Waals surface area contributed by atoms with Gasteiger partial charge in [0.05, 0.1) is 32.5 Å². The van der Waals surface area contributed by atoms with Crippen LogP contribution in [0.1, 0.15) is 29.7 Å². The standard InChI is InChI=1S/C39H29BrIN3O4S/c1-23-34(37(45)43-29-14-4-3-5-15-29)35(25-12-9-16-30(19-25)47-2)44-38(46)33(49-39(44)42-23)20-27-18-28(40)21-32(41)36(27)48-22-26-13-8-11-24-10-6-7-17-31(24)26/h3-21,35H,22H2,1-2H3,(H,43,45)/b33-20-/t35-/m0/s1. The molecule has 1 N–H and O–H groups in total. The Labute approximate surface area is 308 Å². The van der Waals surface area contributed by atoms with Crippen molar-refractivity contribution in [3.05, 3.63) is 165 Å². The molecule has 0 saturated carbocycles. The molecule has 0 aliphatic carbocycles. The van der Waals surface area contributed by atoms with Crippen LogP contribution in [0.3, 0.4) is 0 Å². The van der Waals surface area contributed by atoms with Gasteiger partial charge in [0.2, 0.25) is 0 Å². The molecule has 0 fully saturated rings. The van der Waals surface area contributed by atoms with E-state index in [9.17, 15) is 9.59 Å². The highest BCUT2D eigenvalue weighted by Gasteiger charge is 2.33. The van der Waals surface area contributed by atoms with Gasteiger partial charge in [0.25, 0.3) is 11.5 Å². The molecule has 6 aromatic rings. The van der Waals surface area contributed by atoms with Crippen LogP contribution in [0, 0.1) is 3.57 Å². The molecule has 0 saturated heterocycles. The average molecular weight is 843 g/mol. The first-order valence-corrected chi connectivity index (χ1v) is 18.1. The number of fused-ring (bicyclic) bond motifs is 2. The summed E-state index contributed by atoms with van der Waals surface area (Å²) in [6.45, 7) is 2.16. The molecule has 0 unspecified atom stereocenters. The Hall–Kier alpha value is -4.52. The van der Waals surface area contributed by atoms with Crippen molar-refractivity contribution >= 4 is 78.3 Å². The first-order chi connectivity index (χ1) is 23.8. The van der Waals surface area contributed by atoms with E-state index in [2.05, 4.69) is 68.1 Å². The molecular weight excluding hydrogens is 813 g/mol. The van der Waals surface area contributed by atoms with E-state index in [0.29, 0.717) is 44.4 Å². The van der Waals surface area contributed by atoms with E-state index in [-0.39, 0.29) is 11.5 Å². The quantitative estimate of drug-likeness (QED) is 0.158. The maximum atomic E-state index is 14.4. The molecule has 1 aliphatic heterocycles. The molecule has 10 heteroatoms. The van der Waals surface area contributed by atoms with E-state index >= 15 is 0 Å². The van der Waals surface area contributed by atoms with Crippen molar-refractivity contribution in [1.82, 2.24) is 4.57 Å². The average Bonchev–Trinajstić information content (AvgIpc) is 3.41. The summed E-state index contributed by atoms with van der Waals surface area (Å²) >= 11 is 7.18. The predicted octanol–water partition coefficient (Wildman–Crippen LogP) is 7.98. The van der Waals surface area contributed by atoms with Gasteiger partial charge < -0.3 is 14.8 Å². The predicted molar refractivity (Wildman–Crippen MR) is 207 cm³/mol. The number of para-hydroxylation sites is 1. The largest absolute Gasteiger partial charge is 0.497 e. The number of rotatable bonds is 8. The summed E-state index contributed by atoms with van der Waals surface area (Å²) in [4.78, 5) is 33.7. The first-order valence-electron chi connectivity index (χ1n) is 15.4. The van der Waals surface area contributed by atoms with Gasteiger partial charge in [-0.2, -0.15) is 0 Å². The van der Waals surface area contributed by atoms with Crippen LogP contribution in [-0.2, 0) is 11.4 Å². The number of amides is 1. The van der Waals surface area contributed by atoms with Crippen molar-refractivity contribution in [3.8, 4) is 11.5 Å². The number of hydrogen-bond donors (Lipinski definition) is 1. The number of nitrogens with zero attached hydrogens (tertiary/aromatic N) is 2. The Bertz CT molecular complexity index is 2450. The fourth-order valence-electron chi connectivity index (χ4n) is 6.01. The topological polar surface area (TPSA) is 81.9 Å². The summed E-state index contributed by atoms with van der Waals surface area (Å²) in [5, 5.41) is 5.27. The molecule has 49 heavy (non-hydrogen) atoms. The number of allylic oxidation sites excluding steroid dienone is 1. The van der Waals surface area contributed by atoms with Gasteiger partial charge in [-0.15, -0.1) is 0 Å². The van der Waals surface area contributed by atoms with E-state index in [1.807, 2.05) is 91.0 Å². The minimum absolute atomic E-state index is 0.260. The molecule has 1 atom stereocenters. The van der Waals surface area contributed by atoms with E-state index in [1.54, 1.807) is 18.6 Å². The van der Waals surface area contributed by atoms with Gasteiger partial charge in [0.1, 0.15) is 18.1 Å². The molecule has 7 rings (SSSR count). The molecule has 0 spiro atoms. The SMILES string of the molecule is COc1cccc([C@H]2C(C(=O)Nc3ccccc3)=C(C)N=c3s/c(=C\c4cc(Br)cc(I)c4OCc4cccc5ccccc45)c(=O)n32)c1. The van der Waals surface area contributed by atoms with Gasteiger partial charge in [0.15, 0.2) is 4.80 Å². The molecular formula is C39H29BrIN3O4S. The van der Waals surface area contributed by atoms with Gasteiger partial charge in [-0.1, -0.05) is 100 Å². The van der Waals surface area contributed by atoms with Crippen molar-refractivity contribution in [1.29, 1.82) is 0 Å². The maximum absolute atomic E-state index is 14.4. The Balaban J connectivity index is 1.33. The third-order valence-corrected chi connectivity index (χ3v) is 10.5. The van der Waals surface area contributed by atoms with Crippen molar-refractivity contribution in [3.63, 3.8) is 0 Å². The lowest BCUT2D eigenvalue weighted by Crippen LogP contribution is -2.40. The molecule has 5 aromatic carbocycles. The summed E-state index contributed by atoms with van der Waals surface area (Å²) in [5.41, 5.74) is 3.85. The molecule has 7 nitrogen and oxygen atoms in total. The van der Waals surface area contributed by atoms with Crippen molar-refractivity contribution < 1.29 is 14.3 Å². The minimum atomic E-state index is -0.734. The second kappa shape index (κ2) is 14.1. The van der Waals surface area contributed by atoms with Gasteiger partial charge in [-0.25, -0.2) is 4.99 Å². The second-order valence-corrected chi connectivity index (χ2v) is 14.5. The molecule has 1 amide bonds. The van der Waals surface area contributed by atoms with Crippen molar-refractivity contribution in [2.24, 2.45) is 4.99 Å². The highest BCUT2D eigenvalue weighted by Crippen LogP contribution is 2.34. The molecule has 244 valence electrons. The van der Waals surface area contributed by atoms with Crippen LogP contribution in [0.2, 0.25) is 0 Å². The maximum Gasteiger partial charge on any atom is 0.271 e. The zero-order chi connectivity index (χ0) is 34.1. The van der Waals surface area contributed by atoms with Crippen molar-refractivity contribution in [2.75, 3.05) is 12.4 Å². The van der Waals surface area contributed by atoms with E-state index in [0.717, 1.165) is 35.5 Å². The lowest BCUT2D eigenvalue weighted by molar-refractivity contribution is -0.113. The normalized spacial score (nSPS) is 14.4. The number of hydrogen-bond acceptors (Lipinski definition) is 6. The third-order valence-electron chi connectivity index (χ3n) is 8.28. The fourth-order valence-corrected chi connectivity index (χ4v) is 8.75. The Morgan fingerprint density at radius 1 is 1.00 bits per heavy atom. The lowest BCUT2D eigenvalue weighted by Gasteiger charge is -2.25. The molecule has 1 aliphatic rings. The number of halogens is 2. The van der Waals surface area contributed by atoms with Gasteiger partial charge in [-0.3, -0.25) is 14.2 Å². The molecule has 0 bridgehead atoms. The lowest BCUT2D eigenvalue weighted by atomic mass is 9.95. The number of aromatic nitrogens is 1.